The van der Waals surface area contributed by atoms with Gasteiger partial charge in [0.15, 0.2) is 0 Å². The number of hydrogen-bond donors (Lipinski definition) is 1. The van der Waals surface area contributed by atoms with E-state index >= 15 is 0 Å². The van der Waals surface area contributed by atoms with E-state index in [9.17, 15) is 4.79 Å². The Labute approximate surface area is 92.3 Å². The Hall–Kier alpha value is -1.57. The van der Waals surface area contributed by atoms with E-state index < -0.39 is 5.97 Å². The van der Waals surface area contributed by atoms with Gasteiger partial charge in [-0.25, -0.2) is 4.79 Å². The fourth-order valence-electron chi connectivity index (χ4n) is 0.732. The molecule has 0 spiro atoms. The molecule has 0 unspecified atom stereocenters. The second-order valence-corrected chi connectivity index (χ2v) is 2.08. The fraction of sp³-hybridized carbons (Fsp3) is 0.308. The summed E-state index contributed by atoms with van der Waals surface area (Å²) in [5.41, 5.74) is 0.898. The quantitative estimate of drug-likeness (QED) is 0.750. The summed E-state index contributed by atoms with van der Waals surface area (Å²) >= 11 is 0. The van der Waals surface area contributed by atoms with Gasteiger partial charge in [-0.3, -0.25) is 0 Å². The van der Waals surface area contributed by atoms with Gasteiger partial charge in [-0.15, -0.1) is 0 Å². The molecule has 0 amide bonds. The van der Waals surface area contributed by atoms with E-state index in [-0.39, 0.29) is 0 Å². The average Bonchev–Trinajstić information content (AvgIpc) is 2.33. The molecule has 1 N–H and O–H groups in total. The zero-order chi connectivity index (χ0) is 12.1. The minimum absolute atomic E-state index is 0.898. The lowest BCUT2D eigenvalue weighted by Crippen LogP contribution is -1.85. The molecule has 2 nitrogen and oxygen atoms in total. The molecule has 0 saturated carbocycles. The zero-order valence-electron chi connectivity index (χ0n) is 9.90. The van der Waals surface area contributed by atoms with Crippen molar-refractivity contribution in [2.75, 3.05) is 0 Å². The molecule has 84 valence electrons. The Bertz CT molecular complexity index is 263. The summed E-state index contributed by atoms with van der Waals surface area (Å²) in [5, 5.41) is 8.29. The normalized spacial score (nSPS) is 8.27. The van der Waals surface area contributed by atoms with Crippen molar-refractivity contribution in [3.05, 3.63) is 42.0 Å². The first-order valence-corrected chi connectivity index (χ1v) is 5.25. The highest BCUT2D eigenvalue weighted by molar-refractivity contribution is 5.85. The average molecular weight is 208 g/mol. The van der Waals surface area contributed by atoms with E-state index in [2.05, 4.69) is 0 Å². The van der Waals surface area contributed by atoms with Crippen LogP contribution in [0.25, 0.3) is 6.08 Å². The second kappa shape index (κ2) is 12.4. The Balaban J connectivity index is 0. The molecule has 0 aliphatic rings. The number of rotatable bonds is 2. The Morgan fingerprint density at radius 3 is 1.93 bits per heavy atom. The lowest BCUT2D eigenvalue weighted by atomic mass is 10.2. The molecule has 0 aliphatic carbocycles. The van der Waals surface area contributed by atoms with Crippen LogP contribution in [-0.4, -0.2) is 11.1 Å². The van der Waals surface area contributed by atoms with Crippen LogP contribution < -0.4 is 0 Å². The molecule has 2 heteroatoms. The smallest absolute Gasteiger partial charge is 0.328 e. The number of hydrogen-bond acceptors (Lipinski definition) is 1. The molecular formula is C13H20O2. The van der Waals surface area contributed by atoms with Crippen LogP contribution >= 0.6 is 0 Å². The van der Waals surface area contributed by atoms with Gasteiger partial charge in [-0.1, -0.05) is 58.0 Å². The third-order valence-electron chi connectivity index (χ3n) is 1.22. The first-order valence-electron chi connectivity index (χ1n) is 5.25. The van der Waals surface area contributed by atoms with Gasteiger partial charge >= 0.3 is 5.97 Å². The third kappa shape index (κ3) is 10.4. The van der Waals surface area contributed by atoms with Crippen molar-refractivity contribution in [2.45, 2.75) is 27.7 Å². The van der Waals surface area contributed by atoms with Crippen LogP contribution in [0, 0.1) is 0 Å². The molecular weight excluding hydrogens is 188 g/mol. The minimum atomic E-state index is -0.922. The molecule has 0 heterocycles. The summed E-state index contributed by atoms with van der Waals surface area (Å²) in [6, 6.07) is 9.31. The van der Waals surface area contributed by atoms with Crippen LogP contribution in [0.15, 0.2) is 36.4 Å². The summed E-state index contributed by atoms with van der Waals surface area (Å²) in [6.07, 6.45) is 2.68. The predicted octanol–water partition coefficient (Wildman–Crippen LogP) is 3.84. The van der Waals surface area contributed by atoms with Crippen molar-refractivity contribution < 1.29 is 9.90 Å². The van der Waals surface area contributed by atoms with E-state index in [1.54, 1.807) is 6.08 Å². The lowest BCUT2D eigenvalue weighted by molar-refractivity contribution is -0.131. The van der Waals surface area contributed by atoms with Crippen LogP contribution in [0.5, 0.6) is 0 Å². The highest BCUT2D eigenvalue weighted by atomic mass is 16.4. The maximum atomic E-state index is 10.1. The molecule has 0 fully saturated rings. The van der Waals surface area contributed by atoms with E-state index in [1.165, 1.54) is 0 Å². The van der Waals surface area contributed by atoms with Crippen LogP contribution in [0.2, 0.25) is 0 Å². The molecule has 0 aliphatic heterocycles. The number of carbonyl (C=O) groups is 1. The van der Waals surface area contributed by atoms with Gasteiger partial charge in [0, 0.05) is 6.08 Å². The van der Waals surface area contributed by atoms with Crippen molar-refractivity contribution in [2.24, 2.45) is 0 Å². The van der Waals surface area contributed by atoms with E-state index in [0.717, 1.165) is 11.6 Å². The Morgan fingerprint density at radius 2 is 1.53 bits per heavy atom. The maximum Gasteiger partial charge on any atom is 0.328 e. The van der Waals surface area contributed by atoms with Gasteiger partial charge in [-0.05, 0) is 11.6 Å². The van der Waals surface area contributed by atoms with Gasteiger partial charge in [0.2, 0.25) is 0 Å². The topological polar surface area (TPSA) is 37.3 Å². The van der Waals surface area contributed by atoms with Crippen molar-refractivity contribution in [1.29, 1.82) is 0 Å². The molecule has 0 aromatic heterocycles. The van der Waals surface area contributed by atoms with Crippen LogP contribution in [0.4, 0.5) is 0 Å². The van der Waals surface area contributed by atoms with Crippen LogP contribution in [-0.2, 0) is 4.79 Å². The Morgan fingerprint density at radius 1 is 1.07 bits per heavy atom. The van der Waals surface area contributed by atoms with Crippen LogP contribution in [0.1, 0.15) is 33.3 Å². The van der Waals surface area contributed by atoms with Gasteiger partial charge in [0.1, 0.15) is 0 Å². The predicted molar refractivity (Wildman–Crippen MR) is 65.8 cm³/mol. The molecule has 15 heavy (non-hydrogen) atoms. The van der Waals surface area contributed by atoms with Crippen LogP contribution in [0.3, 0.4) is 0 Å². The van der Waals surface area contributed by atoms with Crippen molar-refractivity contribution >= 4 is 12.0 Å². The maximum absolute atomic E-state index is 10.1. The molecule has 0 radical (unpaired) electrons. The van der Waals surface area contributed by atoms with E-state index in [0.29, 0.717) is 0 Å². The van der Waals surface area contributed by atoms with Gasteiger partial charge in [0.25, 0.3) is 0 Å². The van der Waals surface area contributed by atoms with Crippen molar-refractivity contribution in [1.82, 2.24) is 0 Å². The first kappa shape index (κ1) is 15.9. The largest absolute Gasteiger partial charge is 0.478 e. The molecule has 1 rings (SSSR count). The van der Waals surface area contributed by atoms with Gasteiger partial charge < -0.3 is 5.11 Å². The van der Waals surface area contributed by atoms with E-state index in [4.69, 9.17) is 5.11 Å². The summed E-state index contributed by atoms with van der Waals surface area (Å²) in [5.74, 6) is -0.922. The van der Waals surface area contributed by atoms with Gasteiger partial charge in [-0.2, -0.15) is 0 Å². The Kier molecular flexibility index (Phi) is 13.2. The summed E-state index contributed by atoms with van der Waals surface area (Å²) < 4.78 is 0. The molecule has 1 aromatic rings. The summed E-state index contributed by atoms with van der Waals surface area (Å²) in [7, 11) is 0. The highest BCUT2D eigenvalue weighted by Gasteiger charge is 1.85. The monoisotopic (exact) mass is 208 g/mol. The molecule has 0 saturated heterocycles. The lowest BCUT2D eigenvalue weighted by Gasteiger charge is -1.87. The van der Waals surface area contributed by atoms with E-state index in [1.807, 2.05) is 58.0 Å². The summed E-state index contributed by atoms with van der Waals surface area (Å²) in [4.78, 5) is 10.1. The molecule has 1 aromatic carbocycles. The fourth-order valence-corrected chi connectivity index (χ4v) is 0.732. The zero-order valence-corrected chi connectivity index (χ0v) is 9.90. The van der Waals surface area contributed by atoms with Crippen molar-refractivity contribution in [3.8, 4) is 0 Å². The number of carboxylic acids is 1. The number of carboxylic acid groups (broad SMARTS) is 1. The SMILES string of the molecule is CC.CC.O=C(O)/C=C/c1ccccc1. The molecule has 0 bridgehead atoms. The summed E-state index contributed by atoms with van der Waals surface area (Å²) in [6.45, 7) is 8.00. The highest BCUT2D eigenvalue weighted by Crippen LogP contribution is 1.99. The molecule has 0 atom stereocenters. The van der Waals surface area contributed by atoms with Crippen molar-refractivity contribution in [3.63, 3.8) is 0 Å². The number of aliphatic carboxylic acids is 1. The second-order valence-electron chi connectivity index (χ2n) is 2.08. The third-order valence-corrected chi connectivity index (χ3v) is 1.22. The minimum Gasteiger partial charge on any atom is -0.478 e. The number of benzene rings is 1. The van der Waals surface area contributed by atoms with Gasteiger partial charge in [0.05, 0.1) is 0 Å². The standard InChI is InChI=1S/C9H8O2.2C2H6/c10-9(11)7-6-8-4-2-1-3-5-8;2*1-2/h1-7H,(H,10,11);2*1-2H3/b7-6+;;. The first-order chi connectivity index (χ1) is 7.29.